The Labute approximate surface area is 195 Å². The van der Waals surface area contributed by atoms with Gasteiger partial charge in [-0.1, -0.05) is 41.6 Å². The summed E-state index contributed by atoms with van der Waals surface area (Å²) in [5, 5.41) is 10.9. The monoisotopic (exact) mass is 489 g/mol. The fourth-order valence-electron chi connectivity index (χ4n) is 3.00. The van der Waals surface area contributed by atoms with Gasteiger partial charge in [0.15, 0.2) is 11.0 Å². The van der Waals surface area contributed by atoms with Gasteiger partial charge in [-0.15, -0.1) is 10.2 Å². The first-order valence-corrected chi connectivity index (χ1v) is 10.9. The van der Waals surface area contributed by atoms with Crippen LogP contribution in [0.15, 0.2) is 78.2 Å². The molecule has 2 heterocycles. The third-order valence-corrected chi connectivity index (χ3v) is 5.71. The molecule has 0 fully saturated rings. The molecule has 0 saturated carbocycles. The Bertz CT molecular complexity index is 1270. The predicted octanol–water partition coefficient (Wildman–Crippen LogP) is 5.73. The Morgan fingerprint density at radius 1 is 1.06 bits per heavy atom. The van der Waals surface area contributed by atoms with Gasteiger partial charge in [0.2, 0.25) is 5.91 Å². The minimum Gasteiger partial charge on any atom is -0.325 e. The Balaban J connectivity index is 1.54. The zero-order chi connectivity index (χ0) is 23.4. The van der Waals surface area contributed by atoms with E-state index in [4.69, 9.17) is 11.6 Å². The lowest BCUT2D eigenvalue weighted by Gasteiger charge is -2.12. The summed E-state index contributed by atoms with van der Waals surface area (Å²) >= 11 is 6.73. The maximum atomic E-state index is 13.1. The summed E-state index contributed by atoms with van der Waals surface area (Å²) in [7, 11) is 0. The van der Waals surface area contributed by atoms with Crippen LogP contribution < -0.4 is 5.32 Å². The van der Waals surface area contributed by atoms with E-state index in [1.807, 2.05) is 36.4 Å². The number of hydrogen-bond donors (Lipinski definition) is 1. The van der Waals surface area contributed by atoms with Crippen LogP contribution in [0.5, 0.6) is 0 Å². The number of hydrogen-bond acceptors (Lipinski definition) is 5. The zero-order valence-corrected chi connectivity index (χ0v) is 18.3. The molecule has 11 heteroatoms. The number of aromatic nitrogens is 4. The number of amides is 1. The summed E-state index contributed by atoms with van der Waals surface area (Å²) in [6.45, 7) is 0. The first-order chi connectivity index (χ1) is 15.8. The number of anilines is 1. The van der Waals surface area contributed by atoms with Crippen LogP contribution >= 0.6 is 23.4 Å². The number of pyridine rings is 1. The number of rotatable bonds is 6. The van der Waals surface area contributed by atoms with Crippen LogP contribution in [0.4, 0.5) is 18.9 Å². The van der Waals surface area contributed by atoms with E-state index in [2.05, 4.69) is 20.5 Å². The number of alkyl halides is 3. The number of para-hydroxylation sites is 1. The van der Waals surface area contributed by atoms with Crippen molar-refractivity contribution in [2.24, 2.45) is 0 Å². The minimum absolute atomic E-state index is 0.00194. The van der Waals surface area contributed by atoms with Gasteiger partial charge in [0.1, 0.15) is 0 Å². The van der Waals surface area contributed by atoms with Crippen molar-refractivity contribution in [3.8, 4) is 17.1 Å². The standard InChI is InChI=1S/C22H15ClF3N5OS/c23-18-9-8-15(11-17(18)22(24,25)26)28-19(32)13-33-21-30-29-20(14-5-4-10-27-12-14)31(21)16-6-2-1-3-7-16/h1-12H,13H2,(H,28,32). The number of thioether (sulfide) groups is 1. The van der Waals surface area contributed by atoms with Gasteiger partial charge in [-0.3, -0.25) is 14.3 Å². The van der Waals surface area contributed by atoms with Crippen molar-refractivity contribution in [1.29, 1.82) is 0 Å². The van der Waals surface area contributed by atoms with E-state index in [0.29, 0.717) is 11.0 Å². The fourth-order valence-corrected chi connectivity index (χ4v) is 3.98. The highest BCUT2D eigenvalue weighted by atomic mass is 35.5. The third kappa shape index (κ3) is 5.35. The summed E-state index contributed by atoms with van der Waals surface area (Å²) in [6.07, 6.45) is -1.32. The number of halogens is 4. The topological polar surface area (TPSA) is 72.7 Å². The molecule has 33 heavy (non-hydrogen) atoms. The molecule has 4 rings (SSSR count). The molecule has 0 saturated heterocycles. The molecular formula is C22H15ClF3N5OS. The summed E-state index contributed by atoms with van der Waals surface area (Å²) in [5.41, 5.74) is 0.514. The van der Waals surface area contributed by atoms with Crippen molar-refractivity contribution in [3.63, 3.8) is 0 Å². The first-order valence-electron chi connectivity index (χ1n) is 9.53. The van der Waals surface area contributed by atoms with E-state index < -0.39 is 22.7 Å². The van der Waals surface area contributed by atoms with Gasteiger partial charge in [-0.05, 0) is 42.5 Å². The second kappa shape index (κ2) is 9.63. The van der Waals surface area contributed by atoms with Gasteiger partial charge < -0.3 is 5.32 Å². The average Bonchev–Trinajstić information content (AvgIpc) is 3.23. The molecular weight excluding hydrogens is 475 g/mol. The molecule has 2 aromatic heterocycles. The van der Waals surface area contributed by atoms with Gasteiger partial charge in [0, 0.05) is 29.3 Å². The smallest absolute Gasteiger partial charge is 0.325 e. The number of carbonyl (C=O) groups is 1. The molecule has 0 atom stereocenters. The highest BCUT2D eigenvalue weighted by Crippen LogP contribution is 2.36. The summed E-state index contributed by atoms with van der Waals surface area (Å²) < 4.78 is 41.0. The molecule has 0 spiro atoms. The molecule has 0 aliphatic heterocycles. The molecule has 0 aliphatic carbocycles. The van der Waals surface area contributed by atoms with Crippen LogP contribution in [0.25, 0.3) is 17.1 Å². The Kier molecular flexibility index (Phi) is 6.66. The molecule has 0 aliphatic rings. The molecule has 6 nitrogen and oxygen atoms in total. The van der Waals surface area contributed by atoms with Crippen LogP contribution in [0, 0.1) is 0 Å². The normalized spacial score (nSPS) is 11.4. The van der Waals surface area contributed by atoms with Crippen LogP contribution in [0.2, 0.25) is 5.02 Å². The van der Waals surface area contributed by atoms with E-state index in [-0.39, 0.29) is 11.4 Å². The largest absolute Gasteiger partial charge is 0.417 e. The van der Waals surface area contributed by atoms with Crippen LogP contribution in [-0.2, 0) is 11.0 Å². The second-order valence-corrected chi connectivity index (χ2v) is 8.10. The number of carbonyl (C=O) groups excluding carboxylic acids is 1. The maximum Gasteiger partial charge on any atom is 0.417 e. The highest BCUT2D eigenvalue weighted by Gasteiger charge is 2.33. The van der Waals surface area contributed by atoms with Crippen molar-refractivity contribution in [2.75, 3.05) is 11.1 Å². The first kappa shape index (κ1) is 22.8. The fraction of sp³-hybridized carbons (Fsp3) is 0.0909. The molecule has 2 aromatic carbocycles. The number of nitrogens with one attached hydrogen (secondary N) is 1. The molecule has 0 unspecified atom stereocenters. The summed E-state index contributed by atoms with van der Waals surface area (Å²) in [6, 6.07) is 16.2. The SMILES string of the molecule is O=C(CSc1nnc(-c2cccnc2)n1-c1ccccc1)Nc1ccc(Cl)c(C(F)(F)F)c1. The quantitative estimate of drug-likeness (QED) is 0.350. The van der Waals surface area contributed by atoms with E-state index >= 15 is 0 Å². The van der Waals surface area contributed by atoms with Crippen molar-refractivity contribution in [1.82, 2.24) is 19.7 Å². The van der Waals surface area contributed by atoms with Crippen molar-refractivity contribution < 1.29 is 18.0 Å². The number of nitrogens with zero attached hydrogens (tertiary/aromatic N) is 4. The van der Waals surface area contributed by atoms with Crippen LogP contribution in [0.3, 0.4) is 0 Å². The third-order valence-electron chi connectivity index (χ3n) is 4.46. The average molecular weight is 490 g/mol. The van der Waals surface area contributed by atoms with Gasteiger partial charge in [-0.25, -0.2) is 0 Å². The molecule has 0 bridgehead atoms. The van der Waals surface area contributed by atoms with Gasteiger partial charge in [0.05, 0.1) is 16.3 Å². The predicted molar refractivity (Wildman–Crippen MR) is 120 cm³/mol. The Hall–Kier alpha value is -3.37. The van der Waals surface area contributed by atoms with Crippen LogP contribution in [-0.4, -0.2) is 31.4 Å². The maximum absolute atomic E-state index is 13.1. The highest BCUT2D eigenvalue weighted by molar-refractivity contribution is 7.99. The van der Waals surface area contributed by atoms with Gasteiger partial charge in [0.25, 0.3) is 0 Å². The lowest BCUT2D eigenvalue weighted by Crippen LogP contribution is -2.15. The van der Waals surface area contributed by atoms with E-state index in [1.54, 1.807) is 23.0 Å². The van der Waals surface area contributed by atoms with Crippen molar-refractivity contribution >= 4 is 35.0 Å². The molecule has 168 valence electrons. The lowest BCUT2D eigenvalue weighted by atomic mass is 10.2. The Morgan fingerprint density at radius 2 is 1.85 bits per heavy atom. The van der Waals surface area contributed by atoms with E-state index in [1.165, 1.54) is 6.07 Å². The van der Waals surface area contributed by atoms with Crippen LogP contribution in [0.1, 0.15) is 5.56 Å². The molecule has 4 aromatic rings. The lowest BCUT2D eigenvalue weighted by molar-refractivity contribution is -0.137. The zero-order valence-electron chi connectivity index (χ0n) is 16.8. The number of benzene rings is 2. The summed E-state index contributed by atoms with van der Waals surface area (Å²) in [5.74, 6) is -0.0483. The Morgan fingerprint density at radius 3 is 2.55 bits per heavy atom. The van der Waals surface area contributed by atoms with Crippen molar-refractivity contribution in [2.45, 2.75) is 11.3 Å². The van der Waals surface area contributed by atoms with Gasteiger partial charge >= 0.3 is 6.18 Å². The van der Waals surface area contributed by atoms with E-state index in [9.17, 15) is 18.0 Å². The van der Waals surface area contributed by atoms with Gasteiger partial charge in [-0.2, -0.15) is 13.2 Å². The van der Waals surface area contributed by atoms with Crippen molar-refractivity contribution in [3.05, 3.63) is 83.6 Å². The molecule has 0 radical (unpaired) electrons. The van der Waals surface area contributed by atoms with E-state index in [0.717, 1.165) is 35.1 Å². The summed E-state index contributed by atoms with van der Waals surface area (Å²) in [4.78, 5) is 16.6. The second-order valence-electron chi connectivity index (χ2n) is 6.75. The molecule has 1 N–H and O–H groups in total. The molecule has 1 amide bonds. The minimum atomic E-state index is -4.62.